The molecule has 0 spiro atoms. The van der Waals surface area contributed by atoms with Crippen LogP contribution in [0, 0.1) is 12.8 Å². The molecule has 208 valence electrons. The number of alkyl halides is 3. The van der Waals surface area contributed by atoms with Gasteiger partial charge in [0.1, 0.15) is 12.1 Å². The lowest BCUT2D eigenvalue weighted by Gasteiger charge is -2.23. The zero-order valence-corrected chi connectivity index (χ0v) is 22.1. The third-order valence-corrected chi connectivity index (χ3v) is 6.47. The third-order valence-electron chi connectivity index (χ3n) is 6.47. The number of primary amides is 1. The Morgan fingerprint density at radius 3 is 2.56 bits per heavy atom. The Bertz CT molecular complexity index is 1450. The fourth-order valence-electron chi connectivity index (χ4n) is 4.72. The van der Waals surface area contributed by atoms with E-state index >= 15 is 0 Å². The van der Waals surface area contributed by atoms with E-state index in [9.17, 15) is 27.6 Å². The summed E-state index contributed by atoms with van der Waals surface area (Å²) in [5.41, 5.74) is 7.89. The number of amides is 2. The van der Waals surface area contributed by atoms with Crippen molar-refractivity contribution in [2.24, 2.45) is 11.7 Å². The topological polar surface area (TPSA) is 120 Å². The number of hydrogen-bond acceptors (Lipinski definition) is 6. The molecule has 0 bridgehead atoms. The van der Waals surface area contributed by atoms with E-state index in [0.29, 0.717) is 33.3 Å². The number of nitrogens with one attached hydrogen (secondary N) is 1. The lowest BCUT2D eigenvalue weighted by molar-refractivity contribution is -0.130. The minimum absolute atomic E-state index is 0.0547. The van der Waals surface area contributed by atoms with Crippen molar-refractivity contribution in [3.8, 4) is 0 Å². The quantitative estimate of drug-likeness (QED) is 0.533. The summed E-state index contributed by atoms with van der Waals surface area (Å²) in [6.07, 6.45) is -3.40. The van der Waals surface area contributed by atoms with Gasteiger partial charge in [0, 0.05) is 29.6 Å². The number of allylic oxidation sites excluding steroid dienone is 3. The number of nitrogens with zero attached hydrogens (tertiary/aromatic N) is 3. The Balaban J connectivity index is 1.77. The third kappa shape index (κ3) is 5.99. The van der Waals surface area contributed by atoms with Gasteiger partial charge in [-0.15, -0.1) is 0 Å². The minimum atomic E-state index is -4.44. The first-order chi connectivity index (χ1) is 18.0. The van der Waals surface area contributed by atoms with Gasteiger partial charge in [0.2, 0.25) is 11.8 Å². The van der Waals surface area contributed by atoms with Crippen LogP contribution < -0.4 is 11.1 Å². The molecule has 1 aliphatic carbocycles. The lowest BCUT2D eigenvalue weighted by atomic mass is 9.84. The van der Waals surface area contributed by atoms with Crippen LogP contribution in [0.3, 0.4) is 0 Å². The monoisotopic (exact) mass is 545 g/mol. The molecule has 12 heteroatoms. The SMILES string of the molecule is C=C(CN1CC2=C(c3ccc4c(c3)c(C)nn4C(=O)OC(C)(C)C)C=C(NCC(F)(F)F)CC2C1=O)C(N)=O. The van der Waals surface area contributed by atoms with Gasteiger partial charge in [-0.05, 0) is 62.6 Å². The molecule has 1 aromatic carbocycles. The number of hydrogen-bond donors (Lipinski definition) is 2. The number of carbonyl (C=O) groups excluding carboxylic acids is 3. The molecule has 0 saturated carbocycles. The highest BCUT2D eigenvalue weighted by Gasteiger charge is 2.41. The molecule has 3 N–H and O–H groups in total. The van der Waals surface area contributed by atoms with Crippen molar-refractivity contribution in [3.05, 3.63) is 59.0 Å². The van der Waals surface area contributed by atoms with E-state index in [1.807, 2.05) is 0 Å². The molecule has 0 radical (unpaired) electrons. The van der Waals surface area contributed by atoms with Crippen LogP contribution in [-0.4, -0.2) is 64.0 Å². The Labute approximate surface area is 223 Å². The predicted molar refractivity (Wildman–Crippen MR) is 138 cm³/mol. The van der Waals surface area contributed by atoms with Gasteiger partial charge in [-0.3, -0.25) is 9.59 Å². The molecule has 1 atom stereocenters. The summed E-state index contributed by atoms with van der Waals surface area (Å²) in [4.78, 5) is 38.9. The van der Waals surface area contributed by atoms with Crippen LogP contribution in [0.4, 0.5) is 18.0 Å². The van der Waals surface area contributed by atoms with Gasteiger partial charge >= 0.3 is 12.3 Å². The van der Waals surface area contributed by atoms with Gasteiger partial charge in [-0.25, -0.2) is 4.79 Å². The largest absolute Gasteiger partial charge is 0.442 e. The van der Waals surface area contributed by atoms with Crippen molar-refractivity contribution in [2.75, 3.05) is 19.6 Å². The van der Waals surface area contributed by atoms with Crippen LogP contribution in [0.2, 0.25) is 0 Å². The van der Waals surface area contributed by atoms with Gasteiger partial charge in [-0.1, -0.05) is 12.6 Å². The summed E-state index contributed by atoms with van der Waals surface area (Å²) < 4.78 is 45.5. The second-order valence-electron chi connectivity index (χ2n) is 10.7. The van der Waals surface area contributed by atoms with Crippen molar-refractivity contribution < 1.29 is 32.3 Å². The molecular formula is C27H30F3N5O4. The molecule has 9 nitrogen and oxygen atoms in total. The molecular weight excluding hydrogens is 515 g/mol. The van der Waals surface area contributed by atoms with Gasteiger partial charge < -0.3 is 20.7 Å². The summed E-state index contributed by atoms with van der Waals surface area (Å²) >= 11 is 0. The van der Waals surface area contributed by atoms with E-state index in [-0.39, 0.29) is 36.7 Å². The van der Waals surface area contributed by atoms with E-state index in [1.54, 1.807) is 52.0 Å². The number of carbonyl (C=O) groups is 3. The number of nitrogens with two attached hydrogens (primary N) is 1. The van der Waals surface area contributed by atoms with Crippen LogP contribution in [0.5, 0.6) is 0 Å². The fourth-order valence-corrected chi connectivity index (χ4v) is 4.72. The van der Waals surface area contributed by atoms with Crippen molar-refractivity contribution in [1.29, 1.82) is 0 Å². The van der Waals surface area contributed by atoms with Gasteiger partial charge in [0.15, 0.2) is 0 Å². The molecule has 4 rings (SSSR count). The Hall–Kier alpha value is -4.09. The highest BCUT2D eigenvalue weighted by molar-refractivity contribution is 5.98. The molecule has 2 heterocycles. The number of rotatable bonds is 6. The summed E-state index contributed by atoms with van der Waals surface area (Å²) in [6, 6.07) is 5.20. The number of aryl methyl sites for hydroxylation is 1. The molecule has 2 aliphatic rings. The van der Waals surface area contributed by atoms with E-state index in [0.717, 1.165) is 0 Å². The summed E-state index contributed by atoms with van der Waals surface area (Å²) in [5.74, 6) is -1.76. The average molecular weight is 546 g/mol. The summed E-state index contributed by atoms with van der Waals surface area (Å²) in [6.45, 7) is 9.44. The average Bonchev–Trinajstić information content (AvgIpc) is 3.32. The van der Waals surface area contributed by atoms with Crippen molar-refractivity contribution in [3.63, 3.8) is 0 Å². The molecule has 2 aromatic rings. The first-order valence-electron chi connectivity index (χ1n) is 12.3. The highest BCUT2D eigenvalue weighted by atomic mass is 19.4. The molecule has 1 aromatic heterocycles. The van der Waals surface area contributed by atoms with E-state index in [1.165, 1.54) is 9.58 Å². The maximum atomic E-state index is 13.2. The second-order valence-corrected chi connectivity index (χ2v) is 10.7. The van der Waals surface area contributed by atoms with Crippen molar-refractivity contribution in [2.45, 2.75) is 45.9 Å². The number of aromatic nitrogens is 2. The zero-order chi connectivity index (χ0) is 28.9. The van der Waals surface area contributed by atoms with Gasteiger partial charge in [0.05, 0.1) is 23.7 Å². The normalized spacial score (nSPS) is 17.8. The molecule has 1 saturated heterocycles. The smallest absolute Gasteiger partial charge is 0.435 e. The number of likely N-dealkylation sites (tertiary alicyclic amines) is 1. The summed E-state index contributed by atoms with van der Waals surface area (Å²) in [5, 5.41) is 7.40. The maximum Gasteiger partial charge on any atom is 0.435 e. The van der Waals surface area contributed by atoms with E-state index in [4.69, 9.17) is 10.5 Å². The zero-order valence-electron chi connectivity index (χ0n) is 22.1. The van der Waals surface area contributed by atoms with Gasteiger partial charge in [-0.2, -0.15) is 23.0 Å². The minimum Gasteiger partial charge on any atom is -0.442 e. The Morgan fingerprint density at radius 2 is 1.95 bits per heavy atom. The summed E-state index contributed by atoms with van der Waals surface area (Å²) in [7, 11) is 0. The van der Waals surface area contributed by atoms with Crippen LogP contribution in [0.1, 0.15) is 38.4 Å². The van der Waals surface area contributed by atoms with Crippen LogP contribution in [0.25, 0.3) is 16.5 Å². The number of ether oxygens (including phenoxy) is 1. The Morgan fingerprint density at radius 1 is 1.26 bits per heavy atom. The predicted octanol–water partition coefficient (Wildman–Crippen LogP) is 3.82. The number of halogens is 3. The van der Waals surface area contributed by atoms with Crippen LogP contribution in [-0.2, 0) is 14.3 Å². The first kappa shape index (κ1) is 27.9. The number of benzene rings is 1. The standard InChI is InChI=1S/C27H30F3N5O4/c1-14(23(31)36)11-34-12-21-19(9-17(10-20(21)24(34)37)32-13-27(28,29)30)16-6-7-22-18(8-16)15(2)33-35(22)25(38)39-26(3,4)5/h6-9,20,32H,1,10-13H2,2-5H3,(H2,31,36). The lowest BCUT2D eigenvalue weighted by Crippen LogP contribution is -2.33. The molecule has 1 aliphatic heterocycles. The molecule has 2 amide bonds. The molecule has 39 heavy (non-hydrogen) atoms. The maximum absolute atomic E-state index is 13.2. The highest BCUT2D eigenvalue weighted by Crippen LogP contribution is 2.41. The van der Waals surface area contributed by atoms with Gasteiger partial charge in [0.25, 0.3) is 0 Å². The molecule has 1 fully saturated rings. The van der Waals surface area contributed by atoms with Crippen molar-refractivity contribution in [1.82, 2.24) is 20.0 Å². The first-order valence-corrected chi connectivity index (χ1v) is 12.3. The number of fused-ring (bicyclic) bond motifs is 2. The Kier molecular flexibility index (Phi) is 7.09. The van der Waals surface area contributed by atoms with E-state index in [2.05, 4.69) is 17.0 Å². The fraction of sp³-hybridized carbons (Fsp3) is 0.407. The van der Waals surface area contributed by atoms with Crippen LogP contribution >= 0.6 is 0 Å². The van der Waals surface area contributed by atoms with Crippen LogP contribution in [0.15, 0.2) is 47.7 Å². The van der Waals surface area contributed by atoms with E-state index < -0.39 is 36.2 Å². The van der Waals surface area contributed by atoms with Crippen molar-refractivity contribution >= 4 is 34.4 Å². The second kappa shape index (κ2) is 9.90. The molecule has 1 unspecified atom stereocenters.